The SMILES string of the molecule is CN(CCCN1C(=O)c2ccccc2C1=O)CC(=O)Nc1ccc(Br)cn1. The number of amides is 3. The fraction of sp³-hybridized carbons (Fsp3) is 0.263. The van der Waals surface area contributed by atoms with Gasteiger partial charge in [-0.3, -0.25) is 24.2 Å². The molecule has 2 heterocycles. The molecule has 1 aliphatic heterocycles. The van der Waals surface area contributed by atoms with E-state index in [-0.39, 0.29) is 24.3 Å². The number of pyridine rings is 1. The smallest absolute Gasteiger partial charge is 0.261 e. The van der Waals surface area contributed by atoms with Gasteiger partial charge in [0.05, 0.1) is 17.7 Å². The van der Waals surface area contributed by atoms with Crippen LogP contribution in [-0.2, 0) is 4.79 Å². The number of aromatic nitrogens is 1. The van der Waals surface area contributed by atoms with Crippen LogP contribution in [0.1, 0.15) is 27.1 Å². The summed E-state index contributed by atoms with van der Waals surface area (Å²) < 4.78 is 0.839. The first-order chi connectivity index (χ1) is 13.0. The van der Waals surface area contributed by atoms with E-state index in [9.17, 15) is 14.4 Å². The molecule has 1 aromatic heterocycles. The normalized spacial score (nSPS) is 13.2. The molecule has 0 unspecified atom stereocenters. The molecule has 27 heavy (non-hydrogen) atoms. The van der Waals surface area contributed by atoms with Crippen LogP contribution in [0.5, 0.6) is 0 Å². The van der Waals surface area contributed by atoms with Gasteiger partial charge in [-0.05, 0) is 53.7 Å². The van der Waals surface area contributed by atoms with Gasteiger partial charge in [0.15, 0.2) is 0 Å². The molecule has 3 amide bonds. The Kier molecular flexibility index (Phi) is 5.98. The summed E-state index contributed by atoms with van der Waals surface area (Å²) in [6, 6.07) is 10.4. The zero-order chi connectivity index (χ0) is 19.4. The minimum absolute atomic E-state index is 0.173. The zero-order valence-electron chi connectivity index (χ0n) is 14.8. The maximum absolute atomic E-state index is 12.3. The summed E-state index contributed by atoms with van der Waals surface area (Å²) in [5, 5.41) is 2.73. The highest BCUT2D eigenvalue weighted by molar-refractivity contribution is 9.10. The lowest BCUT2D eigenvalue weighted by Crippen LogP contribution is -2.35. The van der Waals surface area contributed by atoms with Crippen molar-refractivity contribution in [3.63, 3.8) is 0 Å². The van der Waals surface area contributed by atoms with Gasteiger partial charge in [0.25, 0.3) is 11.8 Å². The van der Waals surface area contributed by atoms with Crippen LogP contribution in [0.3, 0.4) is 0 Å². The fourth-order valence-corrected chi connectivity index (χ4v) is 3.13. The summed E-state index contributed by atoms with van der Waals surface area (Å²) in [6.07, 6.45) is 2.20. The molecule has 7 nitrogen and oxygen atoms in total. The van der Waals surface area contributed by atoms with Crippen LogP contribution in [0.4, 0.5) is 5.82 Å². The molecule has 8 heteroatoms. The van der Waals surface area contributed by atoms with Gasteiger partial charge in [-0.2, -0.15) is 0 Å². The second-order valence-electron chi connectivity index (χ2n) is 6.31. The van der Waals surface area contributed by atoms with Gasteiger partial charge in [-0.25, -0.2) is 4.98 Å². The molecule has 3 rings (SSSR count). The Morgan fingerprint density at radius 3 is 2.41 bits per heavy atom. The number of imide groups is 1. The molecule has 140 valence electrons. The van der Waals surface area contributed by atoms with Crippen molar-refractivity contribution in [2.45, 2.75) is 6.42 Å². The van der Waals surface area contributed by atoms with E-state index in [1.54, 1.807) is 42.6 Å². The molecule has 0 atom stereocenters. The highest BCUT2D eigenvalue weighted by Gasteiger charge is 2.34. The third kappa shape index (κ3) is 4.58. The molecule has 0 saturated heterocycles. The molecule has 0 fully saturated rings. The molecule has 0 aliphatic carbocycles. The number of hydrogen-bond acceptors (Lipinski definition) is 5. The topological polar surface area (TPSA) is 82.6 Å². The van der Waals surface area contributed by atoms with E-state index in [1.807, 2.05) is 11.9 Å². The van der Waals surface area contributed by atoms with Crippen molar-refractivity contribution in [1.82, 2.24) is 14.8 Å². The molecule has 1 aromatic carbocycles. The van der Waals surface area contributed by atoms with Crippen molar-refractivity contribution < 1.29 is 14.4 Å². The van der Waals surface area contributed by atoms with E-state index in [0.717, 1.165) is 4.47 Å². The number of carbonyl (C=O) groups is 3. The zero-order valence-corrected chi connectivity index (χ0v) is 16.4. The van der Waals surface area contributed by atoms with Gasteiger partial charge >= 0.3 is 0 Å². The summed E-state index contributed by atoms with van der Waals surface area (Å²) in [6.45, 7) is 1.10. The van der Waals surface area contributed by atoms with Crippen molar-refractivity contribution in [2.75, 3.05) is 32.0 Å². The predicted octanol–water partition coefficient (Wildman–Crippen LogP) is 2.40. The number of nitrogens with one attached hydrogen (secondary N) is 1. The number of nitrogens with zero attached hydrogens (tertiary/aromatic N) is 3. The van der Waals surface area contributed by atoms with E-state index >= 15 is 0 Å². The second kappa shape index (κ2) is 8.41. The first-order valence-electron chi connectivity index (χ1n) is 8.51. The maximum Gasteiger partial charge on any atom is 0.261 e. The Morgan fingerprint density at radius 1 is 1.15 bits per heavy atom. The van der Waals surface area contributed by atoms with Gasteiger partial charge < -0.3 is 5.32 Å². The van der Waals surface area contributed by atoms with Crippen LogP contribution < -0.4 is 5.32 Å². The Bertz CT molecular complexity index is 835. The van der Waals surface area contributed by atoms with Crippen molar-refractivity contribution in [1.29, 1.82) is 0 Å². The fourth-order valence-electron chi connectivity index (χ4n) is 2.90. The first-order valence-corrected chi connectivity index (χ1v) is 9.30. The highest BCUT2D eigenvalue weighted by Crippen LogP contribution is 2.22. The average molecular weight is 431 g/mol. The summed E-state index contributed by atoms with van der Waals surface area (Å²) in [5.41, 5.74) is 0.912. The Labute approximate surface area is 165 Å². The molecule has 0 radical (unpaired) electrons. The Morgan fingerprint density at radius 2 is 1.81 bits per heavy atom. The van der Waals surface area contributed by atoms with Crippen molar-refractivity contribution >= 4 is 39.5 Å². The van der Waals surface area contributed by atoms with Crippen molar-refractivity contribution in [3.8, 4) is 0 Å². The number of likely N-dealkylation sites (N-methyl/N-ethyl adjacent to an activating group) is 1. The lowest BCUT2D eigenvalue weighted by molar-refractivity contribution is -0.117. The number of hydrogen-bond donors (Lipinski definition) is 1. The standard InChI is InChI=1S/C19H19BrN4O3/c1-23(12-17(25)22-16-8-7-13(20)11-21-16)9-4-10-24-18(26)14-5-2-3-6-15(14)19(24)27/h2-3,5-8,11H,4,9-10,12H2,1H3,(H,21,22,25). The molecular formula is C19H19BrN4O3. The maximum atomic E-state index is 12.3. The van der Waals surface area contributed by atoms with Gasteiger partial charge in [-0.15, -0.1) is 0 Å². The van der Waals surface area contributed by atoms with E-state index in [4.69, 9.17) is 0 Å². The number of rotatable bonds is 7. The van der Waals surface area contributed by atoms with Crippen LogP contribution in [0.2, 0.25) is 0 Å². The minimum Gasteiger partial charge on any atom is -0.310 e. The number of benzene rings is 1. The number of carbonyl (C=O) groups excluding carboxylic acids is 3. The first kappa shape index (κ1) is 19.2. The van der Waals surface area contributed by atoms with E-state index < -0.39 is 0 Å². The van der Waals surface area contributed by atoms with Crippen molar-refractivity contribution in [3.05, 3.63) is 58.2 Å². The highest BCUT2D eigenvalue weighted by atomic mass is 79.9. The Balaban J connectivity index is 1.44. The van der Waals surface area contributed by atoms with Crippen molar-refractivity contribution in [2.24, 2.45) is 0 Å². The van der Waals surface area contributed by atoms with E-state index in [1.165, 1.54) is 4.90 Å². The summed E-state index contributed by atoms with van der Waals surface area (Å²) in [7, 11) is 1.82. The molecule has 1 aliphatic rings. The largest absolute Gasteiger partial charge is 0.310 e. The average Bonchev–Trinajstić information content (AvgIpc) is 2.89. The molecule has 0 bridgehead atoms. The second-order valence-corrected chi connectivity index (χ2v) is 7.22. The third-order valence-electron chi connectivity index (χ3n) is 4.21. The summed E-state index contributed by atoms with van der Waals surface area (Å²) in [4.78, 5) is 43.9. The van der Waals surface area contributed by atoms with Crippen LogP contribution in [-0.4, -0.2) is 59.2 Å². The third-order valence-corrected chi connectivity index (χ3v) is 4.68. The lowest BCUT2D eigenvalue weighted by atomic mass is 10.1. The summed E-state index contributed by atoms with van der Waals surface area (Å²) in [5.74, 6) is -0.190. The van der Waals surface area contributed by atoms with Crippen LogP contribution >= 0.6 is 15.9 Å². The number of halogens is 1. The Hall–Kier alpha value is -2.58. The minimum atomic E-state index is -0.252. The molecule has 1 N–H and O–H groups in total. The van der Waals surface area contributed by atoms with Gasteiger partial charge in [0.2, 0.25) is 5.91 Å². The lowest BCUT2D eigenvalue weighted by Gasteiger charge is -2.18. The van der Waals surface area contributed by atoms with Crippen LogP contribution in [0, 0.1) is 0 Å². The van der Waals surface area contributed by atoms with Crippen LogP contribution in [0.15, 0.2) is 47.1 Å². The van der Waals surface area contributed by atoms with Gasteiger partial charge in [0.1, 0.15) is 5.82 Å². The molecule has 0 spiro atoms. The molecule has 2 aromatic rings. The van der Waals surface area contributed by atoms with Crippen LogP contribution in [0.25, 0.3) is 0 Å². The monoisotopic (exact) mass is 430 g/mol. The van der Waals surface area contributed by atoms with Gasteiger partial charge in [0, 0.05) is 23.8 Å². The number of anilines is 1. The number of fused-ring (bicyclic) bond motifs is 1. The van der Waals surface area contributed by atoms with Gasteiger partial charge in [-0.1, -0.05) is 12.1 Å². The quantitative estimate of drug-likeness (QED) is 0.681. The van der Waals surface area contributed by atoms with E-state index in [0.29, 0.717) is 36.5 Å². The predicted molar refractivity (Wildman–Crippen MR) is 104 cm³/mol. The van der Waals surface area contributed by atoms with E-state index in [2.05, 4.69) is 26.2 Å². The molecular weight excluding hydrogens is 412 g/mol. The summed E-state index contributed by atoms with van der Waals surface area (Å²) >= 11 is 3.29. The molecule has 0 saturated carbocycles.